The molecule has 3 fully saturated rings. The van der Waals surface area contributed by atoms with E-state index in [0.29, 0.717) is 16.1 Å². The fraction of sp³-hybridized carbons (Fsp3) is 0.536. The van der Waals surface area contributed by atoms with Crippen LogP contribution in [-0.2, 0) is 41.9 Å². The zero-order chi connectivity index (χ0) is 34.2. The molecule has 0 bridgehead atoms. The number of ether oxygens (including phenoxy) is 5. The summed E-state index contributed by atoms with van der Waals surface area (Å²) >= 11 is 0.728. The fourth-order valence-corrected chi connectivity index (χ4v) is 9.20. The van der Waals surface area contributed by atoms with Crippen molar-refractivity contribution in [2.24, 2.45) is 0 Å². The second-order valence-electron chi connectivity index (χ2n) is 12.6. The Kier molecular flexibility index (Phi) is 8.68. The van der Waals surface area contributed by atoms with Crippen molar-refractivity contribution in [1.82, 2.24) is 19.1 Å². The van der Waals surface area contributed by atoms with Crippen molar-refractivity contribution >= 4 is 37.2 Å². The van der Waals surface area contributed by atoms with E-state index in [1.807, 2.05) is 6.07 Å². The fourth-order valence-electron chi connectivity index (χ4n) is 6.45. The highest BCUT2D eigenvalue weighted by atomic mass is 32.7. The highest BCUT2D eigenvalue weighted by Crippen LogP contribution is 2.59. The van der Waals surface area contributed by atoms with Gasteiger partial charge in [0.1, 0.15) is 36.0 Å². The number of hydrogen-bond donors (Lipinski definition) is 4. The van der Waals surface area contributed by atoms with Crippen LogP contribution in [0.15, 0.2) is 59.5 Å². The van der Waals surface area contributed by atoms with Crippen molar-refractivity contribution in [3.63, 3.8) is 0 Å². The Hall–Kier alpha value is -2.28. The van der Waals surface area contributed by atoms with Crippen LogP contribution in [0.25, 0.3) is 11.2 Å². The van der Waals surface area contributed by atoms with Crippen LogP contribution >= 0.6 is 26.0 Å². The van der Waals surface area contributed by atoms with Gasteiger partial charge in [0.25, 0.3) is 0 Å². The number of phosphoric ester groups is 1. The molecule has 0 amide bonds. The van der Waals surface area contributed by atoms with Crippen molar-refractivity contribution in [1.29, 1.82) is 5.41 Å². The summed E-state index contributed by atoms with van der Waals surface area (Å²) in [6.45, 7) is 2.23. The van der Waals surface area contributed by atoms with Crippen LogP contribution in [0.1, 0.15) is 40.0 Å². The molecule has 1 aromatic carbocycles. The summed E-state index contributed by atoms with van der Waals surface area (Å²) in [7, 11) is -4.75. The third-order valence-electron chi connectivity index (χ3n) is 8.26. The highest BCUT2D eigenvalue weighted by molar-refractivity contribution is 8.54. The molecule has 5 heterocycles. The smallest absolute Gasteiger partial charge is 0.347 e. The molecule has 7 rings (SSSR count). The van der Waals surface area contributed by atoms with Crippen LogP contribution in [0.3, 0.4) is 0 Å². The molecule has 260 valence electrons. The Morgan fingerprint density at radius 3 is 2.31 bits per heavy atom. The van der Waals surface area contributed by atoms with Crippen LogP contribution in [0, 0.1) is 5.41 Å². The summed E-state index contributed by atoms with van der Waals surface area (Å²) in [6, 6.07) is 8.13. The summed E-state index contributed by atoms with van der Waals surface area (Å²) in [4.78, 5) is 38.7. The van der Waals surface area contributed by atoms with Gasteiger partial charge in [-0.2, -0.15) is 0 Å². The Morgan fingerprint density at radius 2 is 1.58 bits per heavy atom. The van der Waals surface area contributed by atoms with Gasteiger partial charge in [-0.15, -0.1) is 0 Å². The van der Waals surface area contributed by atoms with Crippen molar-refractivity contribution in [2.45, 2.75) is 87.0 Å². The summed E-state index contributed by atoms with van der Waals surface area (Å²) in [5.41, 5.74) is 1.000. The van der Waals surface area contributed by atoms with Gasteiger partial charge in [-0.05, 0) is 56.8 Å². The number of phosphoric acid groups is 1. The monoisotopic (exact) mass is 727 g/mol. The molecule has 3 aliphatic heterocycles. The first-order valence-electron chi connectivity index (χ1n) is 15.0. The van der Waals surface area contributed by atoms with Crippen molar-refractivity contribution in [3.05, 3.63) is 60.1 Å². The molecule has 8 atom stereocenters. The van der Waals surface area contributed by atoms with E-state index in [1.165, 1.54) is 12.7 Å². The zero-order valence-corrected chi connectivity index (χ0v) is 28.8. The number of nitrogens with one attached hydrogen (secondary N) is 1. The van der Waals surface area contributed by atoms with Gasteiger partial charge >= 0.3 is 14.6 Å². The van der Waals surface area contributed by atoms with E-state index in [-0.39, 0.29) is 24.2 Å². The van der Waals surface area contributed by atoms with E-state index in [0.717, 1.165) is 11.4 Å². The normalized spacial score (nSPS) is 31.9. The van der Waals surface area contributed by atoms with Crippen LogP contribution < -0.4 is 5.49 Å². The summed E-state index contributed by atoms with van der Waals surface area (Å²) < 4.78 is 68.5. The molecule has 48 heavy (non-hydrogen) atoms. The van der Waals surface area contributed by atoms with Crippen molar-refractivity contribution in [2.75, 3.05) is 13.2 Å². The molecule has 0 radical (unpaired) electrons. The third kappa shape index (κ3) is 6.75. The van der Waals surface area contributed by atoms with Crippen LogP contribution in [0.2, 0.25) is 0 Å². The molecular weight excluding hydrogens is 692 g/mol. The van der Waals surface area contributed by atoms with E-state index in [2.05, 4.69) is 9.97 Å². The van der Waals surface area contributed by atoms with Gasteiger partial charge in [-0.3, -0.25) is 19.0 Å². The lowest BCUT2D eigenvalue weighted by molar-refractivity contribution is -0.199. The number of aromatic nitrogens is 4. The van der Waals surface area contributed by atoms with E-state index in [4.69, 9.17) is 38.1 Å². The maximum absolute atomic E-state index is 12.9. The topological polar surface area (TPSA) is 219 Å². The molecule has 1 unspecified atom stereocenters. The van der Waals surface area contributed by atoms with Crippen LogP contribution in [0.4, 0.5) is 0 Å². The Labute approximate surface area is 278 Å². The minimum Gasteiger partial charge on any atom is -0.347 e. The standard InChI is InChI=1S/C28H35N5O12P2S/c1-27(2)42-20-15(11-39-46(34,35)36)10-17(21(20)43-27)32-14-31-25-19(24(32)29)30-13-33(25)26-23-22(44-28(3,4)45-23)18(41-26)12-40-47(37,38)48-16-8-6-5-7-9-16/h5-10,13-14,17-18,20-23,26,29H,11-12H2,1-4H3,(H,37,38)(H2,34,35,36)/t17-,18-,20-,21+,22-,23-,26-/m1/s1. The first-order valence-corrected chi connectivity index (χ1v) is 19.5. The quantitative estimate of drug-likeness (QED) is 0.174. The molecule has 2 aromatic heterocycles. The summed E-state index contributed by atoms with van der Waals surface area (Å²) in [5.74, 6) is -1.97. The second-order valence-corrected chi connectivity index (χ2v) is 17.7. The minimum absolute atomic E-state index is 0.0123. The lowest BCUT2D eigenvalue weighted by Crippen LogP contribution is -2.34. The average molecular weight is 728 g/mol. The van der Waals surface area contributed by atoms with Gasteiger partial charge in [0.15, 0.2) is 28.9 Å². The number of rotatable bonds is 10. The Balaban J connectivity index is 1.15. The molecule has 3 saturated heterocycles. The number of hydrogen-bond acceptors (Lipinski definition) is 13. The van der Waals surface area contributed by atoms with Crippen LogP contribution in [0.5, 0.6) is 0 Å². The minimum atomic E-state index is -4.75. The van der Waals surface area contributed by atoms with Gasteiger partial charge in [0.05, 0.1) is 31.9 Å². The number of fused-ring (bicyclic) bond motifs is 3. The van der Waals surface area contributed by atoms with E-state index in [1.54, 1.807) is 67.2 Å². The number of imidazole rings is 1. The Bertz CT molecular complexity index is 1900. The van der Waals surface area contributed by atoms with Gasteiger partial charge in [0, 0.05) is 4.90 Å². The van der Waals surface area contributed by atoms with Gasteiger partial charge < -0.3 is 42.9 Å². The molecule has 4 aliphatic rings. The summed E-state index contributed by atoms with van der Waals surface area (Å²) in [5, 5.41) is 9.07. The summed E-state index contributed by atoms with van der Waals surface area (Å²) in [6.07, 6.45) is 0.430. The van der Waals surface area contributed by atoms with Gasteiger partial charge in [-0.25, -0.2) is 19.1 Å². The SMILES string of the molecule is CC1(C)O[C@@H]2[C@H](O1)[C@@H](COP(=O)(O)Sc1ccccc1)O[C@H]2n1cnc2c(=N)n([C@@H]3C=C(COP(=O)(O)O)[C@H]4OC(C)(C)O[C@H]43)cnc21. The lowest BCUT2D eigenvalue weighted by Gasteiger charge is -2.25. The molecule has 0 saturated carbocycles. The highest BCUT2D eigenvalue weighted by Gasteiger charge is 2.57. The maximum Gasteiger partial charge on any atom is 0.469 e. The van der Waals surface area contributed by atoms with Crippen molar-refractivity contribution < 1.29 is 56.5 Å². The Morgan fingerprint density at radius 1 is 0.917 bits per heavy atom. The predicted molar refractivity (Wildman–Crippen MR) is 166 cm³/mol. The molecule has 20 heteroatoms. The lowest BCUT2D eigenvalue weighted by atomic mass is 10.1. The third-order valence-corrected chi connectivity index (χ3v) is 11.6. The molecule has 0 spiro atoms. The van der Waals surface area contributed by atoms with Gasteiger partial charge in [0.2, 0.25) is 0 Å². The predicted octanol–water partition coefficient (Wildman–Crippen LogP) is 3.15. The van der Waals surface area contributed by atoms with E-state index >= 15 is 0 Å². The van der Waals surface area contributed by atoms with E-state index < -0.39 is 69.0 Å². The molecular formula is C28H35N5O12P2S. The second kappa shape index (κ2) is 12.2. The maximum atomic E-state index is 12.9. The first-order chi connectivity index (χ1) is 22.5. The zero-order valence-electron chi connectivity index (χ0n) is 26.2. The largest absolute Gasteiger partial charge is 0.469 e. The molecule has 3 aromatic rings. The van der Waals surface area contributed by atoms with Gasteiger partial charge in [-0.1, -0.05) is 24.3 Å². The van der Waals surface area contributed by atoms with Crippen molar-refractivity contribution in [3.8, 4) is 0 Å². The molecule has 17 nitrogen and oxygen atoms in total. The molecule has 4 N–H and O–H groups in total. The number of nitrogens with zero attached hydrogens (tertiary/aromatic N) is 4. The number of benzene rings is 1. The average Bonchev–Trinajstić information content (AvgIpc) is 3.77. The van der Waals surface area contributed by atoms with Crippen LogP contribution in [-0.4, -0.2) is 89.1 Å². The van der Waals surface area contributed by atoms with E-state index in [9.17, 15) is 23.8 Å². The molecule has 1 aliphatic carbocycles. The first kappa shape index (κ1) is 34.2.